The lowest BCUT2D eigenvalue weighted by Crippen LogP contribution is -2.51. The first-order chi connectivity index (χ1) is 34.5. The van der Waals surface area contributed by atoms with Crippen LogP contribution in [0.4, 0.5) is 32.6 Å². The Morgan fingerprint density at radius 1 is 0.931 bits per heavy atom. The van der Waals surface area contributed by atoms with E-state index in [1.807, 2.05) is 87.9 Å². The maximum Gasteiger partial charge on any atom is 0.315 e. The predicted molar refractivity (Wildman–Crippen MR) is 286 cm³/mol. The number of nitrogens with one attached hydrogen (secondary N) is 9. The van der Waals surface area contributed by atoms with Gasteiger partial charge in [0, 0.05) is 88.4 Å². The maximum atomic E-state index is 13.2. The molecular formula is C52H65ClN12O6S. The number of aromatic nitrogens is 3. The second-order valence-electron chi connectivity index (χ2n) is 19.3. The summed E-state index contributed by atoms with van der Waals surface area (Å²) in [5.41, 5.74) is 3.32. The summed E-state index contributed by atoms with van der Waals surface area (Å²) in [7, 11) is 1.93. The Hall–Kier alpha value is -6.67. The van der Waals surface area contributed by atoms with Gasteiger partial charge in [0.2, 0.25) is 17.8 Å². The molecule has 2 aliphatic heterocycles. The predicted octanol–water partition coefficient (Wildman–Crippen LogP) is 7.81. The standard InChI is InChI=1S/C52H65ClN12O6S/c1-51(2,64-44(67)18-9-8-17-42-46-41(30-72-42)61-50(70)63-46)32-71-52(3,4)31-57-49(69)54-24-12-26-65(5)25-11-19-43(66)58-34-22-20-33(21-23-34)47(68)59-35-13-10-14-36(27-35)60-48-56-29-39(53)45(62-48)38-28-55-40-16-7-6-15-37(38)40/h6-7,10-11,13-16,19-23,27-29,41-42,46,55H,8-9,12,17-18,24-26,30-32H2,1-5H3,(H,58,66)(H,59,68)(H,64,67)(H2,54,57,69)(H,56,60,62)(H2,61,63,70)/b19-11+. The fraction of sp³-hybridized carbons (Fsp3) is 0.404. The molecule has 7 amide bonds. The Morgan fingerprint density at radius 2 is 1.72 bits per heavy atom. The molecule has 5 aromatic rings. The van der Waals surface area contributed by atoms with Crippen molar-refractivity contribution in [3.05, 3.63) is 108 Å². The van der Waals surface area contributed by atoms with Gasteiger partial charge in [-0.1, -0.05) is 48.4 Å². The second-order valence-corrected chi connectivity index (χ2v) is 21.0. The number of anilines is 4. The lowest BCUT2D eigenvalue weighted by atomic mass is 10.0. The number of thioether (sulfide) groups is 1. The highest BCUT2D eigenvalue weighted by Gasteiger charge is 2.42. The summed E-state index contributed by atoms with van der Waals surface area (Å²) in [6, 6.07) is 21.7. The number of urea groups is 2. The van der Waals surface area contributed by atoms with Gasteiger partial charge >= 0.3 is 12.1 Å². The minimum absolute atomic E-state index is 0.0267. The van der Waals surface area contributed by atoms with Crippen LogP contribution in [0.1, 0.15) is 70.2 Å². The van der Waals surface area contributed by atoms with Crippen LogP contribution in [0, 0.1) is 0 Å². The molecule has 0 bridgehead atoms. The van der Waals surface area contributed by atoms with Crippen LogP contribution in [0.2, 0.25) is 5.02 Å². The van der Waals surface area contributed by atoms with Gasteiger partial charge in [0.15, 0.2) is 0 Å². The summed E-state index contributed by atoms with van der Waals surface area (Å²) in [6.45, 7) is 9.84. The number of hydrogen-bond donors (Lipinski definition) is 9. The molecule has 0 spiro atoms. The zero-order valence-corrected chi connectivity index (χ0v) is 42.9. The molecule has 18 nitrogen and oxygen atoms in total. The van der Waals surface area contributed by atoms with E-state index in [1.165, 1.54) is 6.08 Å². The lowest BCUT2D eigenvalue weighted by Gasteiger charge is -2.32. The van der Waals surface area contributed by atoms with E-state index in [2.05, 4.69) is 57.5 Å². The number of likely N-dealkylation sites (N-methyl/N-ethyl adjacent to an activating group) is 1. The number of nitrogens with zero attached hydrogens (tertiary/aromatic N) is 3. The smallest absolute Gasteiger partial charge is 0.315 e. The topological polar surface area (TPSA) is 236 Å². The number of para-hydroxylation sites is 1. The monoisotopic (exact) mass is 1020 g/mol. The third-order valence-electron chi connectivity index (χ3n) is 12.1. The molecule has 2 fully saturated rings. The van der Waals surface area contributed by atoms with Crippen molar-refractivity contribution in [3.63, 3.8) is 0 Å². The van der Waals surface area contributed by atoms with Gasteiger partial charge in [0.25, 0.3) is 5.91 Å². The molecule has 2 saturated heterocycles. The zero-order chi connectivity index (χ0) is 51.3. The first-order valence-electron chi connectivity index (χ1n) is 24.2. The number of unbranched alkanes of at least 4 members (excludes halogenated alkanes) is 1. The molecular weight excluding hydrogens is 956 g/mol. The number of carbonyl (C=O) groups is 5. The number of fused-ring (bicyclic) bond motifs is 2. The highest BCUT2D eigenvalue weighted by atomic mass is 35.5. The highest BCUT2D eigenvalue weighted by Crippen LogP contribution is 2.34. The van der Waals surface area contributed by atoms with Gasteiger partial charge in [-0.05, 0) is 109 Å². The summed E-state index contributed by atoms with van der Waals surface area (Å²) in [5.74, 6) is 0.617. The number of halogens is 1. The van der Waals surface area contributed by atoms with Crippen LogP contribution in [0.25, 0.3) is 22.2 Å². The van der Waals surface area contributed by atoms with E-state index in [0.29, 0.717) is 77.0 Å². The van der Waals surface area contributed by atoms with E-state index in [1.54, 1.807) is 54.7 Å². The Bertz CT molecular complexity index is 2730. The molecule has 3 unspecified atom stereocenters. The van der Waals surface area contributed by atoms with Gasteiger partial charge in [-0.25, -0.2) is 19.6 Å². The number of amides is 7. The number of carbonyl (C=O) groups excluding carboxylic acids is 5. The van der Waals surface area contributed by atoms with Gasteiger partial charge in [-0.2, -0.15) is 11.8 Å². The molecule has 0 radical (unpaired) electrons. The van der Waals surface area contributed by atoms with Crippen LogP contribution in [-0.4, -0.2) is 124 Å². The van der Waals surface area contributed by atoms with Crippen LogP contribution < -0.4 is 42.5 Å². The molecule has 7 rings (SSSR count). The third kappa shape index (κ3) is 15.7. The Labute approximate surface area is 429 Å². The number of benzene rings is 3. The molecule has 2 aromatic heterocycles. The van der Waals surface area contributed by atoms with Gasteiger partial charge in [-0.3, -0.25) is 14.4 Å². The minimum Gasteiger partial charge on any atom is -0.371 e. The summed E-state index contributed by atoms with van der Waals surface area (Å²) in [5, 5.41) is 25.5. The van der Waals surface area contributed by atoms with Crippen LogP contribution in [-0.2, 0) is 14.3 Å². The van der Waals surface area contributed by atoms with Crippen LogP contribution >= 0.6 is 23.4 Å². The molecule has 72 heavy (non-hydrogen) atoms. The van der Waals surface area contributed by atoms with Crippen molar-refractivity contribution in [2.45, 2.75) is 88.3 Å². The van der Waals surface area contributed by atoms with E-state index in [9.17, 15) is 24.0 Å². The fourth-order valence-corrected chi connectivity index (χ4v) is 10.0. The first-order valence-corrected chi connectivity index (χ1v) is 25.6. The Balaban J connectivity index is 0.733. The average Bonchev–Trinajstić information content (AvgIpc) is 4.06. The molecule has 3 atom stereocenters. The van der Waals surface area contributed by atoms with E-state index in [0.717, 1.165) is 41.5 Å². The van der Waals surface area contributed by atoms with Crippen LogP contribution in [0.15, 0.2) is 97.3 Å². The quantitative estimate of drug-likeness (QED) is 0.0164. The summed E-state index contributed by atoms with van der Waals surface area (Å²) < 4.78 is 6.13. The summed E-state index contributed by atoms with van der Waals surface area (Å²) in [4.78, 5) is 77.0. The lowest BCUT2D eigenvalue weighted by molar-refractivity contribution is -0.124. The van der Waals surface area contributed by atoms with Gasteiger partial charge in [0.1, 0.15) is 0 Å². The van der Waals surface area contributed by atoms with Gasteiger partial charge < -0.3 is 57.2 Å². The zero-order valence-electron chi connectivity index (χ0n) is 41.3. The molecule has 0 saturated carbocycles. The van der Waals surface area contributed by atoms with Gasteiger partial charge in [0.05, 0.1) is 46.7 Å². The molecule has 4 heterocycles. The van der Waals surface area contributed by atoms with E-state index >= 15 is 0 Å². The van der Waals surface area contributed by atoms with Crippen molar-refractivity contribution in [2.75, 3.05) is 61.5 Å². The number of hydrogen-bond acceptors (Lipinski definition) is 11. The Morgan fingerprint density at radius 3 is 2.54 bits per heavy atom. The van der Waals surface area contributed by atoms with Crippen LogP contribution in [0.5, 0.6) is 0 Å². The van der Waals surface area contributed by atoms with Crippen molar-refractivity contribution in [1.29, 1.82) is 0 Å². The molecule has 20 heteroatoms. The molecule has 2 aliphatic rings. The van der Waals surface area contributed by atoms with Crippen molar-refractivity contribution >= 4 is 87.1 Å². The van der Waals surface area contributed by atoms with E-state index in [4.69, 9.17) is 16.3 Å². The number of ether oxygens (including phenoxy) is 1. The molecule has 3 aromatic carbocycles. The highest BCUT2D eigenvalue weighted by molar-refractivity contribution is 8.00. The second kappa shape index (κ2) is 24.6. The van der Waals surface area contributed by atoms with E-state index < -0.39 is 11.1 Å². The van der Waals surface area contributed by atoms with Crippen molar-refractivity contribution in [2.24, 2.45) is 0 Å². The van der Waals surface area contributed by atoms with Gasteiger partial charge in [-0.15, -0.1) is 0 Å². The summed E-state index contributed by atoms with van der Waals surface area (Å²) in [6.07, 6.45) is 10.4. The summed E-state index contributed by atoms with van der Waals surface area (Å²) >= 11 is 8.39. The largest absolute Gasteiger partial charge is 0.371 e. The molecule has 9 N–H and O–H groups in total. The Kier molecular flexibility index (Phi) is 18.2. The SMILES string of the molecule is CN(C/C=C/C(=O)Nc1ccc(C(=O)Nc2cccc(Nc3ncc(Cl)c(-c4c[nH]c5ccccc45)n3)c2)cc1)CCCNC(=O)NCC(C)(C)OCC(C)(C)NC(=O)CCCCC1SCC2NC(=O)NC21. The fourth-order valence-electron chi connectivity index (χ4n) is 8.29. The van der Waals surface area contributed by atoms with Crippen molar-refractivity contribution in [3.8, 4) is 11.3 Å². The molecule has 0 aliphatic carbocycles. The number of H-pyrrole nitrogens is 1. The number of aromatic amines is 1. The average molecular weight is 1020 g/mol. The number of rotatable bonds is 24. The molecule has 382 valence electrons. The maximum absolute atomic E-state index is 13.2. The minimum atomic E-state index is -0.671. The van der Waals surface area contributed by atoms with Crippen LogP contribution in [0.3, 0.4) is 0 Å². The first kappa shape index (κ1) is 53.1. The third-order valence-corrected chi connectivity index (χ3v) is 13.9. The van der Waals surface area contributed by atoms with Crippen molar-refractivity contribution in [1.82, 2.24) is 46.4 Å². The van der Waals surface area contributed by atoms with E-state index in [-0.39, 0.29) is 55.0 Å². The normalized spacial score (nSPS) is 16.5. The van der Waals surface area contributed by atoms with Crippen molar-refractivity contribution < 1.29 is 28.7 Å².